The van der Waals surface area contributed by atoms with E-state index in [1.807, 2.05) is 17.5 Å². The van der Waals surface area contributed by atoms with Crippen molar-refractivity contribution >= 4 is 45.5 Å². The van der Waals surface area contributed by atoms with E-state index in [2.05, 4.69) is 5.32 Å². The first kappa shape index (κ1) is 18.3. The highest BCUT2D eigenvalue weighted by Crippen LogP contribution is 2.32. The minimum absolute atomic E-state index is 0.0484. The molecule has 1 N–H and O–H groups in total. The minimum Gasteiger partial charge on any atom is -0.451 e. The lowest BCUT2D eigenvalue weighted by Crippen LogP contribution is -2.28. The molecule has 6 nitrogen and oxygen atoms in total. The first-order valence-corrected chi connectivity index (χ1v) is 10.3. The van der Waals surface area contributed by atoms with Gasteiger partial charge in [0, 0.05) is 24.0 Å². The van der Waals surface area contributed by atoms with Gasteiger partial charge in [0.25, 0.3) is 11.8 Å². The average molecular weight is 416 g/mol. The standard InChI is InChI=1S/C23H16N2O4S/c26-18-13-20(29-19-5-2-1-4-16(18)19)22(27)24-15-8-7-14-9-10-25(17(14)12-15)23(28)21-6-3-11-30-21/h1-8,11-13H,9-10H2,(H,24,27). The van der Waals surface area contributed by atoms with Gasteiger partial charge in [-0.2, -0.15) is 0 Å². The van der Waals surface area contributed by atoms with Crippen LogP contribution in [-0.2, 0) is 6.42 Å². The van der Waals surface area contributed by atoms with Gasteiger partial charge in [-0.1, -0.05) is 24.3 Å². The highest BCUT2D eigenvalue weighted by molar-refractivity contribution is 7.12. The number of hydrogen-bond acceptors (Lipinski definition) is 5. The molecular weight excluding hydrogens is 400 g/mol. The lowest BCUT2D eigenvalue weighted by molar-refractivity contribution is 0.0988. The van der Waals surface area contributed by atoms with Crippen molar-refractivity contribution in [2.75, 3.05) is 16.8 Å². The molecule has 30 heavy (non-hydrogen) atoms. The summed E-state index contributed by atoms with van der Waals surface area (Å²) in [5.41, 5.74) is 2.45. The maximum Gasteiger partial charge on any atom is 0.291 e. The maximum atomic E-state index is 12.8. The number of anilines is 2. The van der Waals surface area contributed by atoms with Crippen LogP contribution < -0.4 is 15.6 Å². The van der Waals surface area contributed by atoms with Crippen molar-refractivity contribution in [1.29, 1.82) is 0 Å². The number of amides is 2. The first-order valence-electron chi connectivity index (χ1n) is 9.43. The predicted molar refractivity (Wildman–Crippen MR) is 117 cm³/mol. The average Bonchev–Trinajstić information content (AvgIpc) is 3.43. The van der Waals surface area contributed by atoms with E-state index in [-0.39, 0.29) is 17.1 Å². The number of benzene rings is 2. The Kier molecular flexibility index (Phi) is 4.44. The number of nitrogens with one attached hydrogen (secondary N) is 1. The third kappa shape index (κ3) is 3.19. The summed E-state index contributed by atoms with van der Waals surface area (Å²) in [7, 11) is 0. The molecule has 5 rings (SSSR count). The number of para-hydroxylation sites is 1. The lowest BCUT2D eigenvalue weighted by Gasteiger charge is -2.17. The summed E-state index contributed by atoms with van der Waals surface area (Å²) < 4.78 is 5.60. The highest BCUT2D eigenvalue weighted by atomic mass is 32.1. The third-order valence-corrected chi connectivity index (χ3v) is 5.93. The van der Waals surface area contributed by atoms with Crippen LogP contribution in [0.2, 0.25) is 0 Å². The van der Waals surface area contributed by atoms with Gasteiger partial charge in [0.05, 0.1) is 10.3 Å². The molecule has 0 radical (unpaired) electrons. The quantitative estimate of drug-likeness (QED) is 0.540. The number of carbonyl (C=O) groups excluding carboxylic acids is 2. The zero-order valence-corrected chi connectivity index (χ0v) is 16.6. The Balaban J connectivity index is 1.43. The van der Waals surface area contributed by atoms with Crippen LogP contribution in [0.15, 0.2) is 75.3 Å². The zero-order chi connectivity index (χ0) is 20.7. The molecule has 0 fully saturated rings. The molecule has 1 aliphatic heterocycles. The van der Waals surface area contributed by atoms with E-state index in [1.54, 1.807) is 47.4 Å². The largest absolute Gasteiger partial charge is 0.451 e. The molecule has 2 aromatic carbocycles. The number of rotatable bonds is 3. The second-order valence-electron chi connectivity index (χ2n) is 6.95. The second-order valence-corrected chi connectivity index (χ2v) is 7.90. The number of hydrogen-bond donors (Lipinski definition) is 1. The summed E-state index contributed by atoms with van der Waals surface area (Å²) in [4.78, 5) is 40.1. The van der Waals surface area contributed by atoms with Crippen molar-refractivity contribution in [2.45, 2.75) is 6.42 Å². The van der Waals surface area contributed by atoms with Crippen LogP contribution in [0.4, 0.5) is 11.4 Å². The molecule has 0 atom stereocenters. The van der Waals surface area contributed by atoms with E-state index in [4.69, 9.17) is 4.42 Å². The molecule has 2 amide bonds. The maximum absolute atomic E-state index is 12.8. The molecule has 0 unspecified atom stereocenters. The fourth-order valence-electron chi connectivity index (χ4n) is 3.61. The van der Waals surface area contributed by atoms with Crippen LogP contribution in [0, 0.1) is 0 Å². The lowest BCUT2D eigenvalue weighted by atomic mass is 10.1. The van der Waals surface area contributed by atoms with Crippen molar-refractivity contribution in [3.63, 3.8) is 0 Å². The SMILES string of the molecule is O=C(Nc1ccc2c(c1)N(C(=O)c1cccs1)CC2)c1cc(=O)c2ccccc2o1. The van der Waals surface area contributed by atoms with Gasteiger partial charge < -0.3 is 14.6 Å². The topological polar surface area (TPSA) is 79.6 Å². The number of thiophene rings is 1. The minimum atomic E-state index is -0.521. The molecular formula is C23H16N2O4S. The van der Waals surface area contributed by atoms with Crippen molar-refractivity contribution in [2.24, 2.45) is 0 Å². The van der Waals surface area contributed by atoms with Gasteiger partial charge in [0.2, 0.25) is 0 Å². The van der Waals surface area contributed by atoms with Gasteiger partial charge >= 0.3 is 0 Å². The molecule has 0 spiro atoms. The van der Waals surface area contributed by atoms with E-state index in [0.29, 0.717) is 28.1 Å². The van der Waals surface area contributed by atoms with Gasteiger partial charge in [-0.3, -0.25) is 14.4 Å². The van der Waals surface area contributed by atoms with E-state index in [1.165, 1.54) is 17.4 Å². The van der Waals surface area contributed by atoms with E-state index in [0.717, 1.165) is 17.7 Å². The smallest absolute Gasteiger partial charge is 0.291 e. The van der Waals surface area contributed by atoms with Crippen LogP contribution in [-0.4, -0.2) is 18.4 Å². The van der Waals surface area contributed by atoms with Gasteiger partial charge in [0.15, 0.2) is 11.2 Å². The number of fused-ring (bicyclic) bond motifs is 2. The predicted octanol–water partition coefficient (Wildman–Crippen LogP) is 4.31. The fourth-order valence-corrected chi connectivity index (χ4v) is 4.28. The van der Waals surface area contributed by atoms with E-state index in [9.17, 15) is 14.4 Å². The van der Waals surface area contributed by atoms with Crippen molar-refractivity contribution in [3.8, 4) is 0 Å². The van der Waals surface area contributed by atoms with Crippen LogP contribution in [0.5, 0.6) is 0 Å². The van der Waals surface area contributed by atoms with Gasteiger partial charge in [-0.05, 0) is 47.7 Å². The van der Waals surface area contributed by atoms with E-state index >= 15 is 0 Å². The second kappa shape index (κ2) is 7.27. The van der Waals surface area contributed by atoms with Gasteiger partial charge in [-0.15, -0.1) is 11.3 Å². The molecule has 148 valence electrons. The fraction of sp³-hybridized carbons (Fsp3) is 0.0870. The van der Waals surface area contributed by atoms with Gasteiger partial charge in [-0.25, -0.2) is 0 Å². The van der Waals surface area contributed by atoms with Gasteiger partial charge in [0.1, 0.15) is 5.58 Å². The number of nitrogens with zero attached hydrogens (tertiary/aromatic N) is 1. The molecule has 4 aromatic rings. The monoisotopic (exact) mass is 416 g/mol. The van der Waals surface area contributed by atoms with E-state index < -0.39 is 5.91 Å². The first-order chi connectivity index (χ1) is 14.6. The molecule has 2 aromatic heterocycles. The Morgan fingerprint density at radius 1 is 1.03 bits per heavy atom. The molecule has 0 saturated heterocycles. The summed E-state index contributed by atoms with van der Waals surface area (Å²) >= 11 is 1.40. The summed E-state index contributed by atoms with van der Waals surface area (Å²) in [6.45, 7) is 0.600. The summed E-state index contributed by atoms with van der Waals surface area (Å²) in [6.07, 6.45) is 0.764. The Morgan fingerprint density at radius 2 is 1.90 bits per heavy atom. The third-order valence-electron chi connectivity index (χ3n) is 5.07. The summed E-state index contributed by atoms with van der Waals surface area (Å²) in [5, 5.41) is 5.07. The molecule has 0 aliphatic carbocycles. The summed E-state index contributed by atoms with van der Waals surface area (Å²) in [5.74, 6) is -0.634. The highest BCUT2D eigenvalue weighted by Gasteiger charge is 2.26. The molecule has 0 saturated carbocycles. The van der Waals surface area contributed by atoms with Crippen LogP contribution >= 0.6 is 11.3 Å². The normalized spacial score (nSPS) is 12.7. The number of carbonyl (C=O) groups is 2. The molecule has 1 aliphatic rings. The Hall–Kier alpha value is -3.71. The molecule has 3 heterocycles. The van der Waals surface area contributed by atoms with Crippen LogP contribution in [0.25, 0.3) is 11.0 Å². The zero-order valence-electron chi connectivity index (χ0n) is 15.8. The van der Waals surface area contributed by atoms with Crippen LogP contribution in [0.3, 0.4) is 0 Å². The van der Waals surface area contributed by atoms with Crippen molar-refractivity contribution in [3.05, 3.63) is 92.5 Å². The van der Waals surface area contributed by atoms with Crippen molar-refractivity contribution < 1.29 is 14.0 Å². The van der Waals surface area contributed by atoms with Crippen molar-refractivity contribution in [1.82, 2.24) is 0 Å². The Morgan fingerprint density at radius 3 is 2.73 bits per heavy atom. The Bertz CT molecular complexity index is 1340. The van der Waals surface area contributed by atoms with Crippen LogP contribution in [0.1, 0.15) is 25.8 Å². The summed E-state index contributed by atoms with van der Waals surface area (Å²) in [6, 6.07) is 17.1. The molecule has 7 heteroatoms. The Labute approximate surface area is 175 Å². The molecule has 0 bridgehead atoms.